The van der Waals surface area contributed by atoms with Gasteiger partial charge in [-0.05, 0) is 41.3 Å². The van der Waals surface area contributed by atoms with Crippen LogP contribution >= 0.6 is 0 Å². The largest absolute Gasteiger partial charge is 0.495 e. The summed E-state index contributed by atoms with van der Waals surface area (Å²) in [4.78, 5) is 4.52. The van der Waals surface area contributed by atoms with Crippen LogP contribution in [0.25, 0.3) is 21.9 Å². The predicted molar refractivity (Wildman–Crippen MR) is 121 cm³/mol. The molecule has 0 spiro atoms. The monoisotopic (exact) mass is 417 g/mol. The Bertz CT molecular complexity index is 1160. The minimum Gasteiger partial charge on any atom is -0.495 e. The molecular formula is C24H25N4O3. The van der Waals surface area contributed by atoms with Crippen LogP contribution in [0.3, 0.4) is 0 Å². The van der Waals surface area contributed by atoms with Crippen molar-refractivity contribution in [1.29, 1.82) is 0 Å². The summed E-state index contributed by atoms with van der Waals surface area (Å²) in [5, 5.41) is 9.94. The maximum absolute atomic E-state index is 5.44. The van der Waals surface area contributed by atoms with Gasteiger partial charge in [0, 0.05) is 37.6 Å². The molecule has 159 valence electrons. The first kappa shape index (κ1) is 20.8. The number of nitrogens with zero attached hydrogens (tertiary/aromatic N) is 3. The lowest BCUT2D eigenvalue weighted by atomic mass is 10.0. The van der Waals surface area contributed by atoms with Crippen molar-refractivity contribution in [3.8, 4) is 16.9 Å². The van der Waals surface area contributed by atoms with Gasteiger partial charge in [-0.1, -0.05) is 18.2 Å². The fourth-order valence-corrected chi connectivity index (χ4v) is 3.42. The van der Waals surface area contributed by atoms with Crippen molar-refractivity contribution < 1.29 is 14.2 Å². The maximum atomic E-state index is 5.44. The second kappa shape index (κ2) is 9.59. The Labute approximate surface area is 181 Å². The van der Waals surface area contributed by atoms with E-state index < -0.39 is 0 Å². The molecule has 0 bridgehead atoms. The van der Waals surface area contributed by atoms with E-state index in [1.165, 1.54) is 0 Å². The molecule has 0 saturated heterocycles. The molecule has 1 atom stereocenters. The quantitative estimate of drug-likeness (QED) is 0.438. The standard InChI is InChI=1S/C24H25N4O3/c1-29-16-21(30-2)15-28-14-20(13-26-28)17-8-9-18-12-25-24(11-19(18)10-17)27-22-6-4-5-7-23(22)31-3/h4,6-14,21H,15-16H2,1-3H3,(H,25,27). The number of pyridine rings is 1. The highest BCUT2D eigenvalue weighted by Crippen LogP contribution is 2.29. The van der Waals surface area contributed by atoms with Gasteiger partial charge in [0.05, 0.1) is 38.2 Å². The van der Waals surface area contributed by atoms with Crippen LogP contribution in [0.2, 0.25) is 0 Å². The zero-order chi connectivity index (χ0) is 21.6. The summed E-state index contributed by atoms with van der Waals surface area (Å²) in [5.41, 5.74) is 2.97. The fraction of sp³-hybridized carbons (Fsp3) is 0.250. The van der Waals surface area contributed by atoms with Crippen molar-refractivity contribution in [3.05, 3.63) is 67.1 Å². The number of hydrogen-bond donors (Lipinski definition) is 1. The summed E-state index contributed by atoms with van der Waals surface area (Å²) in [7, 11) is 4.99. The topological polar surface area (TPSA) is 70.4 Å². The third-order valence-corrected chi connectivity index (χ3v) is 5.07. The van der Waals surface area contributed by atoms with E-state index in [-0.39, 0.29) is 6.10 Å². The molecule has 0 amide bonds. The molecule has 1 radical (unpaired) electrons. The van der Waals surface area contributed by atoms with Crippen LogP contribution in [0.1, 0.15) is 0 Å². The van der Waals surface area contributed by atoms with E-state index in [2.05, 4.69) is 39.7 Å². The number of hydrogen-bond acceptors (Lipinski definition) is 6. The maximum Gasteiger partial charge on any atom is 0.142 e. The van der Waals surface area contributed by atoms with Crippen LogP contribution in [-0.2, 0) is 16.0 Å². The number of fused-ring (bicyclic) bond motifs is 1. The highest BCUT2D eigenvalue weighted by atomic mass is 16.5. The van der Waals surface area contributed by atoms with Gasteiger partial charge in [0.1, 0.15) is 11.6 Å². The molecular weight excluding hydrogens is 392 g/mol. The molecule has 31 heavy (non-hydrogen) atoms. The average Bonchev–Trinajstić information content (AvgIpc) is 3.27. The second-order valence-corrected chi connectivity index (χ2v) is 7.15. The molecule has 2 aromatic heterocycles. The lowest BCUT2D eigenvalue weighted by Gasteiger charge is -2.13. The molecule has 4 rings (SSSR count). The Morgan fingerprint density at radius 3 is 2.77 bits per heavy atom. The molecule has 0 fully saturated rings. The average molecular weight is 417 g/mol. The van der Waals surface area contributed by atoms with Gasteiger partial charge in [-0.3, -0.25) is 4.68 Å². The molecule has 0 aliphatic rings. The van der Waals surface area contributed by atoms with Crippen LogP contribution in [0.4, 0.5) is 11.5 Å². The van der Waals surface area contributed by atoms with Gasteiger partial charge in [-0.15, -0.1) is 0 Å². The van der Waals surface area contributed by atoms with Crippen molar-refractivity contribution in [2.75, 3.05) is 33.3 Å². The molecule has 2 aromatic carbocycles. The summed E-state index contributed by atoms with van der Waals surface area (Å²) >= 11 is 0. The van der Waals surface area contributed by atoms with Gasteiger partial charge in [0.2, 0.25) is 0 Å². The molecule has 4 aromatic rings. The van der Waals surface area contributed by atoms with Gasteiger partial charge in [-0.2, -0.15) is 5.10 Å². The number of ether oxygens (including phenoxy) is 3. The number of methoxy groups -OCH3 is 3. The number of nitrogens with one attached hydrogen (secondary N) is 1. The molecule has 1 N–H and O–H groups in total. The first-order valence-electron chi connectivity index (χ1n) is 9.95. The summed E-state index contributed by atoms with van der Waals surface area (Å²) in [6.07, 6.45) is 5.71. The fourth-order valence-electron chi connectivity index (χ4n) is 3.42. The van der Waals surface area contributed by atoms with Crippen molar-refractivity contribution in [1.82, 2.24) is 14.8 Å². The summed E-state index contributed by atoms with van der Waals surface area (Å²) < 4.78 is 17.9. The van der Waals surface area contributed by atoms with Gasteiger partial charge in [0.25, 0.3) is 0 Å². The molecule has 2 heterocycles. The normalized spacial score (nSPS) is 12.1. The van der Waals surface area contributed by atoms with Gasteiger partial charge >= 0.3 is 0 Å². The summed E-state index contributed by atoms with van der Waals surface area (Å²) in [6, 6.07) is 16.9. The zero-order valence-electron chi connectivity index (χ0n) is 17.8. The Balaban J connectivity index is 1.58. The number of rotatable bonds is 9. The highest BCUT2D eigenvalue weighted by Gasteiger charge is 2.10. The molecule has 7 nitrogen and oxygen atoms in total. The van der Waals surface area contributed by atoms with E-state index in [9.17, 15) is 0 Å². The minimum absolute atomic E-state index is 0.0401. The van der Waals surface area contributed by atoms with Gasteiger partial charge in [-0.25, -0.2) is 4.98 Å². The van der Waals surface area contributed by atoms with Crippen LogP contribution in [-0.4, -0.2) is 48.8 Å². The molecule has 0 aliphatic heterocycles. The molecule has 7 heteroatoms. The van der Waals surface area contributed by atoms with Crippen molar-refractivity contribution in [2.24, 2.45) is 0 Å². The number of aromatic nitrogens is 3. The van der Waals surface area contributed by atoms with E-state index in [1.54, 1.807) is 27.4 Å². The molecule has 0 aliphatic carbocycles. The zero-order valence-corrected chi connectivity index (χ0v) is 17.8. The van der Waals surface area contributed by atoms with E-state index in [0.717, 1.165) is 33.4 Å². The number of benzene rings is 2. The smallest absolute Gasteiger partial charge is 0.142 e. The van der Waals surface area contributed by atoms with E-state index in [1.807, 2.05) is 41.5 Å². The van der Waals surface area contributed by atoms with Crippen molar-refractivity contribution in [3.63, 3.8) is 0 Å². The van der Waals surface area contributed by atoms with Crippen molar-refractivity contribution >= 4 is 22.3 Å². The molecule has 0 saturated carbocycles. The van der Waals surface area contributed by atoms with Crippen LogP contribution in [0, 0.1) is 6.07 Å². The Morgan fingerprint density at radius 2 is 1.97 bits per heavy atom. The molecule has 1 unspecified atom stereocenters. The van der Waals surface area contributed by atoms with Gasteiger partial charge in [0.15, 0.2) is 0 Å². The SMILES string of the molecule is COCC(Cn1cc(-c2ccc3cnc(Nc4cc[c]cc4OC)cc3c2)cn1)OC. The van der Waals surface area contributed by atoms with E-state index >= 15 is 0 Å². The highest BCUT2D eigenvalue weighted by molar-refractivity contribution is 5.88. The summed E-state index contributed by atoms with van der Waals surface area (Å²) in [5.74, 6) is 1.46. The minimum atomic E-state index is -0.0401. The Morgan fingerprint density at radius 1 is 1.06 bits per heavy atom. The van der Waals surface area contributed by atoms with E-state index in [4.69, 9.17) is 14.2 Å². The first-order valence-corrected chi connectivity index (χ1v) is 9.95. The number of anilines is 2. The lowest BCUT2D eigenvalue weighted by molar-refractivity contribution is 0.0163. The first-order chi connectivity index (χ1) is 15.2. The Hall–Kier alpha value is -3.42. The third-order valence-electron chi connectivity index (χ3n) is 5.07. The van der Waals surface area contributed by atoms with Gasteiger partial charge < -0.3 is 19.5 Å². The summed E-state index contributed by atoms with van der Waals surface area (Å²) in [6.45, 7) is 1.15. The predicted octanol–water partition coefficient (Wildman–Crippen LogP) is 4.31. The van der Waals surface area contributed by atoms with E-state index in [0.29, 0.717) is 18.9 Å². The Kier molecular flexibility index (Phi) is 6.45. The second-order valence-electron chi connectivity index (χ2n) is 7.15. The van der Waals surface area contributed by atoms with Crippen LogP contribution in [0.15, 0.2) is 61.1 Å². The van der Waals surface area contributed by atoms with Crippen LogP contribution < -0.4 is 10.1 Å². The third kappa shape index (κ3) is 4.84. The van der Waals surface area contributed by atoms with Crippen LogP contribution in [0.5, 0.6) is 5.75 Å². The lowest BCUT2D eigenvalue weighted by Crippen LogP contribution is -2.23. The van der Waals surface area contributed by atoms with Crippen molar-refractivity contribution in [2.45, 2.75) is 12.6 Å².